The molecule has 0 bridgehead atoms. The number of rotatable bonds is 6. The zero-order valence-electron chi connectivity index (χ0n) is 19.1. The second kappa shape index (κ2) is 8.89. The Kier molecular flexibility index (Phi) is 5.79. The van der Waals surface area contributed by atoms with E-state index in [1.54, 1.807) is 12.1 Å². The molecule has 2 aliphatic rings. The van der Waals surface area contributed by atoms with Crippen LogP contribution in [0, 0.1) is 12.8 Å². The lowest BCUT2D eigenvalue weighted by atomic mass is 10.1. The van der Waals surface area contributed by atoms with Crippen LogP contribution in [-0.2, 0) is 4.79 Å². The van der Waals surface area contributed by atoms with Crippen molar-refractivity contribution in [3.63, 3.8) is 0 Å². The molecule has 5 rings (SSSR count). The number of ether oxygens (including phenoxy) is 1. The van der Waals surface area contributed by atoms with Crippen LogP contribution in [0.15, 0.2) is 42.5 Å². The maximum absolute atomic E-state index is 12.7. The van der Waals surface area contributed by atoms with Gasteiger partial charge < -0.3 is 19.9 Å². The number of likely N-dealkylation sites (tertiary alicyclic amines) is 1. The number of nitrogens with zero attached hydrogens (tertiary/aromatic N) is 2. The standard InChI is InChI=1S/C26H30N4O3/c1-16-3-10-22-23(15-16)29-24(28-22)17(2)27-25(31)18-6-8-20(9-7-18)33-21-11-13-30(14-12-21)26(32)19-4-5-19/h3,6-10,15,17,19,21H,4-5,11-14H2,1-2H3,(H,27,31)(H,28,29). The molecule has 0 radical (unpaired) electrons. The number of aromatic nitrogens is 2. The first-order valence-corrected chi connectivity index (χ1v) is 11.8. The molecule has 2 fully saturated rings. The first-order chi connectivity index (χ1) is 16.0. The molecule has 1 aliphatic heterocycles. The lowest BCUT2D eigenvalue weighted by molar-refractivity contribution is -0.134. The van der Waals surface area contributed by atoms with Gasteiger partial charge in [0.2, 0.25) is 5.91 Å². The highest BCUT2D eigenvalue weighted by atomic mass is 16.5. The number of piperidine rings is 1. The van der Waals surface area contributed by atoms with Gasteiger partial charge in [-0.15, -0.1) is 0 Å². The van der Waals surface area contributed by atoms with Crippen molar-refractivity contribution in [2.45, 2.75) is 51.7 Å². The lowest BCUT2D eigenvalue weighted by Gasteiger charge is -2.32. The van der Waals surface area contributed by atoms with Crippen LogP contribution in [-0.4, -0.2) is 45.9 Å². The third kappa shape index (κ3) is 4.87. The number of benzene rings is 2. The number of H-pyrrole nitrogens is 1. The largest absolute Gasteiger partial charge is 0.490 e. The van der Waals surface area contributed by atoms with E-state index in [4.69, 9.17) is 4.74 Å². The summed E-state index contributed by atoms with van der Waals surface area (Å²) < 4.78 is 6.10. The molecule has 1 saturated heterocycles. The number of amides is 2. The van der Waals surface area contributed by atoms with Crippen LogP contribution >= 0.6 is 0 Å². The Morgan fingerprint density at radius 1 is 1.09 bits per heavy atom. The quantitative estimate of drug-likeness (QED) is 0.596. The van der Waals surface area contributed by atoms with Crippen molar-refractivity contribution < 1.29 is 14.3 Å². The Hall–Kier alpha value is -3.35. The summed E-state index contributed by atoms with van der Waals surface area (Å²) >= 11 is 0. The van der Waals surface area contributed by atoms with Gasteiger partial charge in [-0.3, -0.25) is 9.59 Å². The Labute approximate surface area is 193 Å². The maximum atomic E-state index is 12.7. The van der Waals surface area contributed by atoms with Gasteiger partial charge in [-0.05, 0) is 68.7 Å². The molecule has 7 heteroatoms. The molecule has 172 valence electrons. The van der Waals surface area contributed by atoms with E-state index in [1.807, 2.05) is 49.1 Å². The number of imidazole rings is 1. The second-order valence-electron chi connectivity index (χ2n) is 9.28. The average molecular weight is 447 g/mol. The molecule has 1 saturated carbocycles. The summed E-state index contributed by atoms with van der Waals surface area (Å²) in [6.07, 6.45) is 3.88. The van der Waals surface area contributed by atoms with Gasteiger partial charge in [-0.2, -0.15) is 0 Å². The number of aromatic amines is 1. The van der Waals surface area contributed by atoms with Gasteiger partial charge in [0.25, 0.3) is 5.91 Å². The molecular weight excluding hydrogens is 416 g/mol. The van der Waals surface area contributed by atoms with Crippen LogP contribution in [0.4, 0.5) is 0 Å². The fourth-order valence-corrected chi connectivity index (χ4v) is 4.36. The number of fused-ring (bicyclic) bond motifs is 1. The van der Waals surface area contributed by atoms with E-state index in [9.17, 15) is 9.59 Å². The molecule has 1 aliphatic carbocycles. The number of aryl methyl sites for hydroxylation is 1. The topological polar surface area (TPSA) is 87.3 Å². The zero-order valence-corrected chi connectivity index (χ0v) is 19.1. The van der Waals surface area contributed by atoms with E-state index in [0.29, 0.717) is 11.5 Å². The lowest BCUT2D eigenvalue weighted by Crippen LogP contribution is -2.42. The van der Waals surface area contributed by atoms with Gasteiger partial charge in [0.1, 0.15) is 17.7 Å². The summed E-state index contributed by atoms with van der Waals surface area (Å²) in [6.45, 7) is 5.48. The maximum Gasteiger partial charge on any atom is 0.251 e. The second-order valence-corrected chi connectivity index (χ2v) is 9.28. The number of carbonyl (C=O) groups excluding carboxylic acids is 2. The fraction of sp³-hybridized carbons (Fsp3) is 0.423. The minimum Gasteiger partial charge on any atom is -0.490 e. The van der Waals surface area contributed by atoms with Crippen molar-refractivity contribution in [1.29, 1.82) is 0 Å². The Bertz CT molecular complexity index is 1160. The summed E-state index contributed by atoms with van der Waals surface area (Å²) in [5.41, 5.74) is 3.59. The van der Waals surface area contributed by atoms with E-state index in [-0.39, 0.29) is 24.0 Å². The van der Waals surface area contributed by atoms with Crippen molar-refractivity contribution in [2.75, 3.05) is 13.1 Å². The van der Waals surface area contributed by atoms with E-state index >= 15 is 0 Å². The van der Waals surface area contributed by atoms with E-state index in [1.165, 1.54) is 0 Å². The summed E-state index contributed by atoms with van der Waals surface area (Å²) in [4.78, 5) is 34.8. The molecular formula is C26H30N4O3. The van der Waals surface area contributed by atoms with Crippen molar-refractivity contribution >= 4 is 22.8 Å². The highest BCUT2D eigenvalue weighted by molar-refractivity contribution is 5.94. The zero-order chi connectivity index (χ0) is 22.9. The van der Waals surface area contributed by atoms with E-state index < -0.39 is 0 Å². The Morgan fingerprint density at radius 3 is 2.52 bits per heavy atom. The summed E-state index contributed by atoms with van der Waals surface area (Å²) in [7, 11) is 0. The predicted octanol–water partition coefficient (Wildman–Crippen LogP) is 4.14. The highest BCUT2D eigenvalue weighted by Crippen LogP contribution is 2.32. The molecule has 2 aromatic carbocycles. The summed E-state index contributed by atoms with van der Waals surface area (Å²) in [5.74, 6) is 1.92. The van der Waals surface area contributed by atoms with Gasteiger partial charge >= 0.3 is 0 Å². The summed E-state index contributed by atoms with van der Waals surface area (Å²) in [5, 5.41) is 3.01. The molecule has 7 nitrogen and oxygen atoms in total. The van der Waals surface area contributed by atoms with Gasteiger partial charge in [0.05, 0.1) is 17.1 Å². The van der Waals surface area contributed by atoms with Gasteiger partial charge in [-0.25, -0.2) is 4.98 Å². The molecule has 2 N–H and O–H groups in total. The van der Waals surface area contributed by atoms with Crippen molar-refractivity contribution in [3.8, 4) is 5.75 Å². The number of hydrogen-bond acceptors (Lipinski definition) is 4. The molecule has 1 aromatic heterocycles. The number of hydrogen-bond donors (Lipinski definition) is 2. The average Bonchev–Trinajstić information content (AvgIpc) is 3.58. The third-order valence-corrected chi connectivity index (χ3v) is 6.51. The fourth-order valence-electron chi connectivity index (χ4n) is 4.36. The monoisotopic (exact) mass is 446 g/mol. The molecule has 1 atom stereocenters. The molecule has 0 spiro atoms. The van der Waals surface area contributed by atoms with Crippen molar-refractivity contribution in [3.05, 3.63) is 59.4 Å². The van der Waals surface area contributed by atoms with E-state index in [2.05, 4.69) is 15.3 Å². The SMILES string of the molecule is Cc1ccc2nc(C(C)NC(=O)c3ccc(OC4CCN(C(=O)C5CC5)CC4)cc3)[nH]c2c1. The third-order valence-electron chi connectivity index (χ3n) is 6.51. The van der Waals surface area contributed by atoms with Crippen LogP contribution in [0.5, 0.6) is 5.75 Å². The smallest absolute Gasteiger partial charge is 0.251 e. The van der Waals surface area contributed by atoms with Crippen molar-refractivity contribution in [2.24, 2.45) is 5.92 Å². The number of nitrogens with one attached hydrogen (secondary N) is 2. The normalized spacial score (nSPS) is 17.7. The minimum absolute atomic E-state index is 0.102. The Balaban J connectivity index is 1.14. The van der Waals surface area contributed by atoms with Gasteiger partial charge in [0, 0.05) is 37.4 Å². The van der Waals surface area contributed by atoms with Crippen LogP contribution in [0.2, 0.25) is 0 Å². The van der Waals surface area contributed by atoms with Gasteiger partial charge in [0.15, 0.2) is 0 Å². The van der Waals surface area contributed by atoms with Crippen LogP contribution in [0.25, 0.3) is 11.0 Å². The van der Waals surface area contributed by atoms with Crippen LogP contribution in [0.1, 0.15) is 60.4 Å². The van der Waals surface area contributed by atoms with Gasteiger partial charge in [-0.1, -0.05) is 6.07 Å². The number of carbonyl (C=O) groups is 2. The molecule has 3 aromatic rings. The molecule has 1 unspecified atom stereocenters. The Morgan fingerprint density at radius 2 is 1.82 bits per heavy atom. The first kappa shape index (κ1) is 21.5. The first-order valence-electron chi connectivity index (χ1n) is 11.8. The minimum atomic E-state index is -0.246. The molecule has 33 heavy (non-hydrogen) atoms. The molecule has 2 amide bonds. The molecule has 2 heterocycles. The van der Waals surface area contributed by atoms with Crippen molar-refractivity contribution in [1.82, 2.24) is 20.2 Å². The highest BCUT2D eigenvalue weighted by Gasteiger charge is 2.35. The van der Waals surface area contributed by atoms with E-state index in [0.717, 1.165) is 66.9 Å². The predicted molar refractivity (Wildman–Crippen MR) is 126 cm³/mol. The van der Waals surface area contributed by atoms with Crippen LogP contribution in [0.3, 0.4) is 0 Å². The van der Waals surface area contributed by atoms with Crippen LogP contribution < -0.4 is 10.1 Å². The summed E-state index contributed by atoms with van der Waals surface area (Å²) in [6, 6.07) is 13.1.